The minimum atomic E-state index is -0.711. The second kappa shape index (κ2) is 13.3. The van der Waals surface area contributed by atoms with Gasteiger partial charge in [0.15, 0.2) is 0 Å². The fraction of sp³-hybridized carbons (Fsp3) is 0.467. The van der Waals surface area contributed by atoms with Gasteiger partial charge in [-0.25, -0.2) is 0 Å². The Hall–Kier alpha value is -3.32. The number of aliphatic hydroxyl groups is 1. The number of nitrogens with zero attached hydrogens (tertiary/aromatic N) is 1. The van der Waals surface area contributed by atoms with E-state index in [0.29, 0.717) is 37.5 Å². The standard InChI is InChI=1S/C30H39NO6/c1-6-7-8-18-36-23-12-10-22(11-13-23)27-26(29(33)30(34)31(27)16-9-17-35-5)28(32)25-15-14-24(19-21(25)4)37-20(2)3/h10-15,19-20,27,32H,6-9,16-18H2,1-5H3. The third-order valence-corrected chi connectivity index (χ3v) is 6.32. The molecule has 37 heavy (non-hydrogen) atoms. The summed E-state index contributed by atoms with van der Waals surface area (Å²) < 4.78 is 16.8. The number of carbonyl (C=O) groups is 2. The third kappa shape index (κ3) is 6.92. The van der Waals surface area contributed by atoms with Gasteiger partial charge in [-0.15, -0.1) is 0 Å². The molecule has 3 rings (SSSR count). The van der Waals surface area contributed by atoms with E-state index in [9.17, 15) is 14.7 Å². The molecule has 1 aliphatic heterocycles. The molecule has 1 saturated heterocycles. The van der Waals surface area contributed by atoms with Crippen molar-refractivity contribution < 1.29 is 28.9 Å². The van der Waals surface area contributed by atoms with E-state index in [-0.39, 0.29) is 17.4 Å². The number of ketones is 1. The molecule has 1 N–H and O–H groups in total. The molecule has 0 bridgehead atoms. The maximum absolute atomic E-state index is 13.3. The normalized spacial score (nSPS) is 17.0. The zero-order valence-corrected chi connectivity index (χ0v) is 22.6. The second-order valence-electron chi connectivity index (χ2n) is 9.61. The summed E-state index contributed by atoms with van der Waals surface area (Å²) in [6, 6.07) is 12.0. The van der Waals surface area contributed by atoms with Crippen molar-refractivity contribution in [3.63, 3.8) is 0 Å². The predicted octanol–water partition coefficient (Wildman–Crippen LogP) is 5.81. The summed E-state index contributed by atoms with van der Waals surface area (Å²) in [5.41, 5.74) is 2.05. The van der Waals surface area contributed by atoms with Crippen LogP contribution in [0.25, 0.3) is 5.76 Å². The molecule has 0 spiro atoms. The molecule has 1 heterocycles. The van der Waals surface area contributed by atoms with Crippen LogP contribution in [0.1, 0.15) is 69.2 Å². The van der Waals surface area contributed by atoms with Crippen LogP contribution in [-0.4, -0.2) is 54.7 Å². The van der Waals surface area contributed by atoms with E-state index in [4.69, 9.17) is 14.2 Å². The van der Waals surface area contributed by atoms with E-state index < -0.39 is 17.7 Å². The van der Waals surface area contributed by atoms with Crippen molar-refractivity contribution in [1.29, 1.82) is 0 Å². The first-order chi connectivity index (χ1) is 17.8. The number of methoxy groups -OCH3 is 1. The van der Waals surface area contributed by atoms with Gasteiger partial charge in [-0.2, -0.15) is 0 Å². The van der Waals surface area contributed by atoms with Gasteiger partial charge in [0.25, 0.3) is 11.7 Å². The molecule has 7 nitrogen and oxygen atoms in total. The van der Waals surface area contributed by atoms with Gasteiger partial charge in [0.2, 0.25) is 0 Å². The molecule has 0 saturated carbocycles. The molecule has 0 radical (unpaired) electrons. The lowest BCUT2D eigenvalue weighted by atomic mass is 9.93. The molecule has 1 fully saturated rings. The summed E-state index contributed by atoms with van der Waals surface area (Å²) >= 11 is 0. The number of Topliss-reactive ketones (excluding diaryl/α,β-unsaturated/α-hetero) is 1. The van der Waals surface area contributed by atoms with Crippen molar-refractivity contribution in [1.82, 2.24) is 4.90 Å². The number of unbranched alkanes of at least 4 members (excludes halogenated alkanes) is 2. The molecule has 7 heteroatoms. The highest BCUT2D eigenvalue weighted by atomic mass is 16.5. The van der Waals surface area contributed by atoms with E-state index in [2.05, 4.69) is 6.92 Å². The van der Waals surface area contributed by atoms with E-state index in [1.165, 1.54) is 4.90 Å². The SMILES string of the molecule is CCCCCOc1ccc(C2C(=C(O)c3ccc(OC(C)C)cc3C)C(=O)C(=O)N2CCCOC)cc1. The molecule has 1 amide bonds. The Labute approximate surface area is 220 Å². The highest BCUT2D eigenvalue weighted by Gasteiger charge is 2.45. The lowest BCUT2D eigenvalue weighted by Gasteiger charge is -2.25. The Morgan fingerprint density at radius 1 is 1.00 bits per heavy atom. The number of rotatable bonds is 13. The van der Waals surface area contributed by atoms with Gasteiger partial charge in [-0.05, 0) is 75.1 Å². The zero-order valence-electron chi connectivity index (χ0n) is 22.6. The van der Waals surface area contributed by atoms with Gasteiger partial charge in [0.1, 0.15) is 17.3 Å². The minimum Gasteiger partial charge on any atom is -0.507 e. The first kappa shape index (κ1) is 28.3. The Balaban J connectivity index is 2.00. The van der Waals surface area contributed by atoms with Crippen LogP contribution in [0.3, 0.4) is 0 Å². The summed E-state index contributed by atoms with van der Waals surface area (Å²) in [4.78, 5) is 27.9. The third-order valence-electron chi connectivity index (χ3n) is 6.32. The number of likely N-dealkylation sites (tertiary alicyclic amines) is 1. The van der Waals surface area contributed by atoms with Crippen LogP contribution < -0.4 is 9.47 Å². The van der Waals surface area contributed by atoms with Crippen molar-refractivity contribution in [3.05, 3.63) is 64.7 Å². The number of benzene rings is 2. The van der Waals surface area contributed by atoms with Crippen LogP contribution in [0.4, 0.5) is 0 Å². The zero-order chi connectivity index (χ0) is 26.9. The van der Waals surface area contributed by atoms with Crippen LogP contribution in [0.2, 0.25) is 0 Å². The second-order valence-corrected chi connectivity index (χ2v) is 9.61. The van der Waals surface area contributed by atoms with Crippen LogP contribution in [0.15, 0.2) is 48.0 Å². The molecule has 200 valence electrons. The first-order valence-corrected chi connectivity index (χ1v) is 13.1. The lowest BCUT2D eigenvalue weighted by Crippen LogP contribution is -2.31. The van der Waals surface area contributed by atoms with Gasteiger partial charge >= 0.3 is 0 Å². The number of amides is 1. The van der Waals surface area contributed by atoms with Crippen molar-refractivity contribution >= 4 is 17.4 Å². The fourth-order valence-corrected chi connectivity index (χ4v) is 4.52. The Morgan fingerprint density at radius 3 is 2.32 bits per heavy atom. The molecular formula is C30H39NO6. The van der Waals surface area contributed by atoms with Gasteiger partial charge in [-0.1, -0.05) is 31.9 Å². The summed E-state index contributed by atoms with van der Waals surface area (Å²) in [5.74, 6) is -0.101. The first-order valence-electron chi connectivity index (χ1n) is 13.1. The van der Waals surface area contributed by atoms with Crippen molar-refractivity contribution in [2.45, 2.75) is 65.5 Å². The molecule has 1 atom stereocenters. The van der Waals surface area contributed by atoms with Crippen molar-refractivity contribution in [3.8, 4) is 11.5 Å². The quantitative estimate of drug-likeness (QED) is 0.159. The van der Waals surface area contributed by atoms with Gasteiger partial charge in [0.05, 0.1) is 24.3 Å². The number of aryl methyl sites for hydroxylation is 1. The van der Waals surface area contributed by atoms with Gasteiger partial charge < -0.3 is 24.2 Å². The van der Waals surface area contributed by atoms with E-state index in [1.54, 1.807) is 19.2 Å². The van der Waals surface area contributed by atoms with Crippen LogP contribution in [-0.2, 0) is 14.3 Å². The molecule has 0 aliphatic carbocycles. The number of hydrogen-bond acceptors (Lipinski definition) is 6. The van der Waals surface area contributed by atoms with Crippen LogP contribution in [0, 0.1) is 6.92 Å². The van der Waals surface area contributed by atoms with Crippen molar-refractivity contribution in [2.24, 2.45) is 0 Å². The summed E-state index contributed by atoms with van der Waals surface area (Å²) in [6.45, 7) is 9.29. The average molecular weight is 510 g/mol. The fourth-order valence-electron chi connectivity index (χ4n) is 4.52. The van der Waals surface area contributed by atoms with E-state index in [1.807, 2.05) is 51.1 Å². The Morgan fingerprint density at radius 2 is 1.70 bits per heavy atom. The number of ether oxygens (including phenoxy) is 3. The van der Waals surface area contributed by atoms with Crippen LogP contribution >= 0.6 is 0 Å². The molecule has 1 unspecified atom stereocenters. The summed E-state index contributed by atoms with van der Waals surface area (Å²) in [6.07, 6.45) is 3.79. The van der Waals surface area contributed by atoms with E-state index >= 15 is 0 Å². The highest BCUT2D eigenvalue weighted by Crippen LogP contribution is 2.40. The average Bonchev–Trinajstić information content (AvgIpc) is 3.11. The molecular weight excluding hydrogens is 470 g/mol. The Kier molecular flexibility index (Phi) is 10.1. The highest BCUT2D eigenvalue weighted by molar-refractivity contribution is 6.46. The summed E-state index contributed by atoms with van der Waals surface area (Å²) in [5, 5.41) is 11.4. The summed E-state index contributed by atoms with van der Waals surface area (Å²) in [7, 11) is 1.60. The number of carbonyl (C=O) groups excluding carboxylic acids is 2. The smallest absolute Gasteiger partial charge is 0.295 e. The number of aliphatic hydroxyl groups excluding tert-OH is 1. The molecule has 0 aromatic heterocycles. The van der Waals surface area contributed by atoms with Crippen LogP contribution in [0.5, 0.6) is 11.5 Å². The lowest BCUT2D eigenvalue weighted by molar-refractivity contribution is -0.140. The Bertz CT molecular complexity index is 1110. The maximum Gasteiger partial charge on any atom is 0.295 e. The topological polar surface area (TPSA) is 85.3 Å². The van der Waals surface area contributed by atoms with Gasteiger partial charge in [0, 0.05) is 25.8 Å². The maximum atomic E-state index is 13.3. The van der Waals surface area contributed by atoms with Crippen molar-refractivity contribution in [2.75, 3.05) is 26.9 Å². The molecule has 1 aliphatic rings. The monoisotopic (exact) mass is 509 g/mol. The molecule has 2 aromatic carbocycles. The largest absolute Gasteiger partial charge is 0.507 e. The number of hydrogen-bond donors (Lipinski definition) is 1. The van der Waals surface area contributed by atoms with E-state index in [0.717, 1.165) is 36.1 Å². The molecule has 2 aromatic rings. The van der Waals surface area contributed by atoms with Gasteiger partial charge in [-0.3, -0.25) is 9.59 Å². The minimum absolute atomic E-state index is 0.00914. The predicted molar refractivity (Wildman–Crippen MR) is 144 cm³/mol.